The lowest BCUT2D eigenvalue weighted by Gasteiger charge is -2.12. The van der Waals surface area contributed by atoms with Crippen molar-refractivity contribution in [3.63, 3.8) is 0 Å². The molecule has 0 spiro atoms. The molecule has 11 heteroatoms. The summed E-state index contributed by atoms with van der Waals surface area (Å²) in [5, 5.41) is 26.6. The molecule has 9 nitrogen and oxygen atoms in total. The molecule has 0 atom stereocenters. The van der Waals surface area contributed by atoms with Crippen molar-refractivity contribution in [2.45, 2.75) is 11.8 Å². The van der Waals surface area contributed by atoms with Gasteiger partial charge in [-0.05, 0) is 77.5 Å². The third-order valence-corrected chi connectivity index (χ3v) is 6.18. The SMILES string of the molecule is COc1cc(/C=C(\Sc2n[nH]c(-c3ccc(Cl)cc3)n2)C(=O)O)ccc1OCc1cccc(C(=O)O)c1. The zero-order valence-corrected chi connectivity index (χ0v) is 20.9. The van der Waals surface area contributed by atoms with Crippen LogP contribution in [-0.2, 0) is 11.4 Å². The van der Waals surface area contributed by atoms with E-state index in [-0.39, 0.29) is 22.2 Å². The average molecular weight is 538 g/mol. The van der Waals surface area contributed by atoms with Gasteiger partial charge in [-0.1, -0.05) is 29.8 Å². The van der Waals surface area contributed by atoms with Crippen molar-refractivity contribution in [3.05, 3.63) is 93.3 Å². The van der Waals surface area contributed by atoms with E-state index in [1.54, 1.807) is 54.6 Å². The van der Waals surface area contributed by atoms with Crippen molar-refractivity contribution in [1.82, 2.24) is 15.2 Å². The molecule has 37 heavy (non-hydrogen) atoms. The molecular weight excluding hydrogens is 518 g/mol. The summed E-state index contributed by atoms with van der Waals surface area (Å²) >= 11 is 6.82. The van der Waals surface area contributed by atoms with E-state index in [9.17, 15) is 14.7 Å². The number of nitrogens with one attached hydrogen (secondary N) is 1. The second-order valence-corrected chi connectivity index (χ2v) is 9.04. The first kappa shape index (κ1) is 25.8. The Hall–Kier alpha value is -4.28. The molecule has 0 saturated heterocycles. The molecule has 3 N–H and O–H groups in total. The fraction of sp³-hybridized carbons (Fsp3) is 0.0769. The molecule has 0 radical (unpaired) electrons. The van der Waals surface area contributed by atoms with E-state index in [4.69, 9.17) is 26.2 Å². The quantitative estimate of drug-likeness (QED) is 0.174. The van der Waals surface area contributed by atoms with E-state index >= 15 is 0 Å². The predicted molar refractivity (Wildman–Crippen MR) is 139 cm³/mol. The molecule has 0 amide bonds. The van der Waals surface area contributed by atoms with Crippen molar-refractivity contribution in [3.8, 4) is 22.9 Å². The first-order valence-electron chi connectivity index (χ1n) is 10.8. The molecule has 0 saturated carbocycles. The molecule has 3 aromatic carbocycles. The molecule has 1 heterocycles. The summed E-state index contributed by atoms with van der Waals surface area (Å²) in [6.45, 7) is 0.129. The molecule has 0 bridgehead atoms. The number of aromatic nitrogens is 3. The van der Waals surface area contributed by atoms with E-state index in [0.29, 0.717) is 33.5 Å². The summed E-state index contributed by atoms with van der Waals surface area (Å²) < 4.78 is 11.2. The second kappa shape index (κ2) is 11.6. The minimum atomic E-state index is -1.14. The molecular formula is C26H20ClN3O6S. The smallest absolute Gasteiger partial charge is 0.342 e. The maximum absolute atomic E-state index is 11.9. The Morgan fingerprint density at radius 1 is 1.05 bits per heavy atom. The lowest BCUT2D eigenvalue weighted by molar-refractivity contribution is -0.131. The van der Waals surface area contributed by atoms with Crippen LogP contribution in [0, 0.1) is 0 Å². The van der Waals surface area contributed by atoms with E-state index in [1.807, 2.05) is 0 Å². The molecule has 1 aromatic heterocycles. The molecule has 4 aromatic rings. The zero-order chi connectivity index (χ0) is 26.4. The standard InChI is InChI=1S/C26H20ClN3O6S/c1-35-21-12-15(5-10-20(21)36-14-16-3-2-4-18(11-16)24(31)32)13-22(25(33)34)37-26-28-23(29-30-26)17-6-8-19(27)9-7-17/h2-13H,14H2,1H3,(H,31,32)(H,33,34)(H,28,29,30)/b22-13-. The van der Waals surface area contributed by atoms with Crippen molar-refractivity contribution in [2.24, 2.45) is 0 Å². The van der Waals surface area contributed by atoms with Gasteiger partial charge in [-0.3, -0.25) is 5.10 Å². The minimum Gasteiger partial charge on any atom is -0.493 e. The largest absolute Gasteiger partial charge is 0.493 e. The van der Waals surface area contributed by atoms with E-state index in [1.165, 1.54) is 25.3 Å². The summed E-state index contributed by atoms with van der Waals surface area (Å²) in [4.78, 5) is 27.4. The number of rotatable bonds is 10. The molecule has 188 valence electrons. The number of hydrogen-bond acceptors (Lipinski definition) is 7. The van der Waals surface area contributed by atoms with Crippen molar-refractivity contribution < 1.29 is 29.3 Å². The van der Waals surface area contributed by atoms with Crippen LogP contribution in [0.3, 0.4) is 0 Å². The molecule has 0 aliphatic rings. The third-order valence-electron chi connectivity index (χ3n) is 5.05. The summed E-state index contributed by atoms with van der Waals surface area (Å²) in [6, 6.07) is 18.4. The number of carbonyl (C=O) groups is 2. The van der Waals surface area contributed by atoms with Gasteiger partial charge in [-0.2, -0.15) is 0 Å². The van der Waals surface area contributed by atoms with Crippen LogP contribution in [0.25, 0.3) is 17.5 Å². The summed E-state index contributed by atoms with van der Waals surface area (Å²) in [7, 11) is 1.47. The Balaban J connectivity index is 1.50. The van der Waals surface area contributed by atoms with Gasteiger partial charge in [0.05, 0.1) is 12.7 Å². The molecule has 0 aliphatic carbocycles. The Bertz CT molecular complexity index is 1470. The van der Waals surface area contributed by atoms with Gasteiger partial charge in [0, 0.05) is 10.6 Å². The highest BCUT2D eigenvalue weighted by Gasteiger charge is 2.15. The molecule has 0 unspecified atom stereocenters. The number of ether oxygens (including phenoxy) is 2. The number of H-pyrrole nitrogens is 1. The maximum atomic E-state index is 11.9. The number of thioether (sulfide) groups is 1. The van der Waals surface area contributed by atoms with Gasteiger partial charge in [-0.25, -0.2) is 14.6 Å². The highest BCUT2D eigenvalue weighted by atomic mass is 35.5. The summed E-state index contributed by atoms with van der Waals surface area (Å²) in [5.74, 6) is -0.859. The van der Waals surface area contributed by atoms with Crippen LogP contribution < -0.4 is 9.47 Å². The van der Waals surface area contributed by atoms with Gasteiger partial charge in [-0.15, -0.1) is 5.10 Å². The summed E-state index contributed by atoms with van der Waals surface area (Å²) in [6.07, 6.45) is 1.48. The molecule has 0 fully saturated rings. The van der Waals surface area contributed by atoms with Crippen molar-refractivity contribution in [1.29, 1.82) is 0 Å². The van der Waals surface area contributed by atoms with Gasteiger partial charge in [0.25, 0.3) is 0 Å². The van der Waals surface area contributed by atoms with Crippen molar-refractivity contribution >= 4 is 41.4 Å². The lowest BCUT2D eigenvalue weighted by Crippen LogP contribution is -2.01. The van der Waals surface area contributed by atoms with Gasteiger partial charge in [0.1, 0.15) is 11.5 Å². The molecule has 4 rings (SSSR count). The number of halogens is 1. The predicted octanol–water partition coefficient (Wildman–Crippen LogP) is 5.63. The zero-order valence-electron chi connectivity index (χ0n) is 19.3. The highest BCUT2D eigenvalue weighted by molar-refractivity contribution is 8.04. The Morgan fingerprint density at radius 2 is 1.84 bits per heavy atom. The van der Waals surface area contributed by atoms with Gasteiger partial charge < -0.3 is 19.7 Å². The highest BCUT2D eigenvalue weighted by Crippen LogP contribution is 2.32. The maximum Gasteiger partial charge on any atom is 0.342 e. The lowest BCUT2D eigenvalue weighted by atomic mass is 10.1. The van der Waals surface area contributed by atoms with Crippen molar-refractivity contribution in [2.75, 3.05) is 7.11 Å². The van der Waals surface area contributed by atoms with Gasteiger partial charge >= 0.3 is 11.9 Å². The Kier molecular flexibility index (Phi) is 8.11. The van der Waals surface area contributed by atoms with E-state index in [2.05, 4.69) is 15.2 Å². The van der Waals surface area contributed by atoms with E-state index < -0.39 is 11.9 Å². The van der Waals surface area contributed by atoms with Crippen LogP contribution in [0.4, 0.5) is 0 Å². The van der Waals surface area contributed by atoms with Crippen LogP contribution >= 0.6 is 23.4 Å². The minimum absolute atomic E-state index is 0.00265. The van der Waals surface area contributed by atoms with E-state index in [0.717, 1.165) is 17.3 Å². The van der Waals surface area contributed by atoms with Crippen LogP contribution in [0.5, 0.6) is 11.5 Å². The number of aliphatic carboxylic acids is 1. The number of benzene rings is 3. The Morgan fingerprint density at radius 3 is 2.54 bits per heavy atom. The monoisotopic (exact) mass is 537 g/mol. The number of carboxylic acids is 2. The topological polar surface area (TPSA) is 135 Å². The fourth-order valence-electron chi connectivity index (χ4n) is 3.26. The Labute approximate surface area is 220 Å². The number of nitrogens with zero attached hydrogens (tertiary/aromatic N) is 2. The average Bonchev–Trinajstić information content (AvgIpc) is 3.36. The third kappa shape index (κ3) is 6.69. The number of aromatic carboxylic acids is 1. The number of carboxylic acid groups (broad SMARTS) is 2. The first-order valence-corrected chi connectivity index (χ1v) is 12.0. The van der Waals surface area contributed by atoms with Crippen LogP contribution in [0.2, 0.25) is 5.02 Å². The van der Waals surface area contributed by atoms with Crippen LogP contribution in [-0.4, -0.2) is 44.4 Å². The van der Waals surface area contributed by atoms with Gasteiger partial charge in [0.15, 0.2) is 17.3 Å². The fourth-order valence-corrected chi connectivity index (χ4v) is 4.10. The number of hydrogen-bond donors (Lipinski definition) is 3. The number of aromatic amines is 1. The second-order valence-electron chi connectivity index (χ2n) is 7.59. The van der Waals surface area contributed by atoms with Crippen LogP contribution in [0.1, 0.15) is 21.5 Å². The van der Waals surface area contributed by atoms with Crippen LogP contribution in [0.15, 0.2) is 76.8 Å². The number of methoxy groups -OCH3 is 1. The first-order chi connectivity index (χ1) is 17.8. The normalized spacial score (nSPS) is 11.2. The summed E-state index contributed by atoms with van der Waals surface area (Å²) in [5.41, 5.74) is 2.17. The van der Waals surface area contributed by atoms with Gasteiger partial charge in [0.2, 0.25) is 5.16 Å². The molecule has 0 aliphatic heterocycles.